The third-order valence-electron chi connectivity index (χ3n) is 3.34. The molecule has 0 saturated carbocycles. The molecule has 17 heavy (non-hydrogen) atoms. The fraction of sp³-hybridized carbons (Fsp3) is 0.538. The lowest BCUT2D eigenvalue weighted by atomic mass is 10.2. The number of benzene rings is 1. The highest BCUT2D eigenvalue weighted by Gasteiger charge is 2.39. The second-order valence-corrected chi connectivity index (χ2v) is 10.5. The smallest absolute Gasteiger partial charge is 0.238 e. The maximum Gasteiger partial charge on any atom is 0.238 e. The molecule has 0 spiro atoms. The van der Waals surface area contributed by atoms with Crippen LogP contribution in [0, 0.1) is 0 Å². The summed E-state index contributed by atoms with van der Waals surface area (Å²) in [4.78, 5) is 5.37. The van der Waals surface area contributed by atoms with E-state index in [0.29, 0.717) is 6.61 Å². The number of para-hydroxylation sites is 1. The normalized spacial score (nSPS) is 12.8. The van der Waals surface area contributed by atoms with Crippen LogP contribution >= 0.6 is 0 Å². The summed E-state index contributed by atoms with van der Waals surface area (Å²) >= 11 is 0. The molecule has 1 aromatic rings. The summed E-state index contributed by atoms with van der Waals surface area (Å²) in [6.45, 7) is 11.3. The van der Waals surface area contributed by atoms with Crippen LogP contribution < -0.4 is 5.73 Å². The Kier molecular flexibility index (Phi) is 4.35. The minimum absolute atomic E-state index is 0.148. The van der Waals surface area contributed by atoms with Crippen LogP contribution in [0.4, 0.5) is 5.69 Å². The van der Waals surface area contributed by atoms with Gasteiger partial charge in [0.15, 0.2) is 0 Å². The van der Waals surface area contributed by atoms with E-state index in [0.717, 1.165) is 11.3 Å². The Hall–Kier alpha value is -0.843. The summed E-state index contributed by atoms with van der Waals surface area (Å²) < 4.78 is 5.64. The van der Waals surface area contributed by atoms with Gasteiger partial charge in [-0.25, -0.2) is 4.89 Å². The van der Waals surface area contributed by atoms with Crippen molar-refractivity contribution in [2.45, 2.75) is 45.5 Å². The molecule has 0 aromatic heterocycles. The highest BCUT2D eigenvalue weighted by Crippen LogP contribution is 2.36. The summed E-state index contributed by atoms with van der Waals surface area (Å²) in [5.74, 6) is 0. The van der Waals surface area contributed by atoms with E-state index < -0.39 is 8.32 Å². The number of anilines is 1. The van der Waals surface area contributed by atoms with Gasteiger partial charge in [-0.3, -0.25) is 4.58 Å². The Labute approximate surface area is 105 Å². The van der Waals surface area contributed by atoms with E-state index in [1.165, 1.54) is 0 Å². The van der Waals surface area contributed by atoms with E-state index in [1.54, 1.807) is 0 Å². The van der Waals surface area contributed by atoms with E-state index in [1.807, 2.05) is 24.3 Å². The average Bonchev–Trinajstić information content (AvgIpc) is 2.19. The Balaban J connectivity index is 2.52. The van der Waals surface area contributed by atoms with E-state index >= 15 is 0 Å². The van der Waals surface area contributed by atoms with Gasteiger partial charge in [0.25, 0.3) is 0 Å². The SMILES string of the molecule is CC(C)(C)[Si](C)(C)OOCc1ccccc1N. The van der Waals surface area contributed by atoms with Crippen LogP contribution in [0.15, 0.2) is 24.3 Å². The first-order valence-electron chi connectivity index (χ1n) is 5.88. The molecule has 0 atom stereocenters. The zero-order chi connectivity index (χ0) is 13.1. The molecule has 1 rings (SSSR count). The van der Waals surface area contributed by atoms with Gasteiger partial charge in [-0.05, 0) is 24.2 Å². The summed E-state index contributed by atoms with van der Waals surface area (Å²) in [6, 6.07) is 7.67. The van der Waals surface area contributed by atoms with Crippen LogP contribution in [-0.4, -0.2) is 8.32 Å². The van der Waals surface area contributed by atoms with Crippen LogP contribution in [0.2, 0.25) is 18.1 Å². The number of hydrogen-bond acceptors (Lipinski definition) is 3. The standard InChI is InChI=1S/C13H23NO2Si/c1-13(2,3)17(4,5)16-15-10-11-8-6-7-9-12(11)14/h6-9H,10,14H2,1-5H3. The molecule has 0 saturated heterocycles. The van der Waals surface area contributed by atoms with Crippen LogP contribution in [0.1, 0.15) is 26.3 Å². The van der Waals surface area contributed by atoms with Crippen LogP contribution in [0.5, 0.6) is 0 Å². The first-order chi connectivity index (χ1) is 7.74. The maximum atomic E-state index is 5.83. The second-order valence-electron chi connectivity index (χ2n) is 5.80. The summed E-state index contributed by atoms with van der Waals surface area (Å²) in [5.41, 5.74) is 7.54. The lowest BCUT2D eigenvalue weighted by molar-refractivity contribution is -0.231. The van der Waals surface area contributed by atoms with Crippen molar-refractivity contribution >= 4 is 14.0 Å². The molecule has 0 aliphatic carbocycles. The van der Waals surface area contributed by atoms with Gasteiger partial charge in [-0.2, -0.15) is 0 Å². The van der Waals surface area contributed by atoms with Gasteiger partial charge in [0.1, 0.15) is 6.61 Å². The number of rotatable bonds is 4. The van der Waals surface area contributed by atoms with E-state index in [9.17, 15) is 0 Å². The van der Waals surface area contributed by atoms with Crippen molar-refractivity contribution in [1.29, 1.82) is 0 Å². The molecule has 0 unspecified atom stereocenters. The molecule has 0 amide bonds. The largest absolute Gasteiger partial charge is 0.398 e. The van der Waals surface area contributed by atoms with Gasteiger partial charge in [0.05, 0.1) is 0 Å². The van der Waals surface area contributed by atoms with Crippen molar-refractivity contribution < 1.29 is 9.46 Å². The highest BCUT2D eigenvalue weighted by molar-refractivity contribution is 6.73. The van der Waals surface area contributed by atoms with E-state index in [-0.39, 0.29) is 5.04 Å². The third-order valence-corrected chi connectivity index (χ3v) is 7.49. The van der Waals surface area contributed by atoms with Gasteiger partial charge in [-0.15, -0.1) is 0 Å². The second kappa shape index (κ2) is 5.21. The van der Waals surface area contributed by atoms with Crippen LogP contribution in [0.3, 0.4) is 0 Å². The Morgan fingerprint density at radius 1 is 1.18 bits per heavy atom. The molecular formula is C13H23NO2Si. The zero-order valence-corrected chi connectivity index (χ0v) is 12.4. The van der Waals surface area contributed by atoms with Gasteiger partial charge in [-0.1, -0.05) is 39.0 Å². The Bertz CT molecular complexity index is 372. The first kappa shape index (κ1) is 14.2. The molecule has 2 N–H and O–H groups in total. The van der Waals surface area contributed by atoms with Crippen LogP contribution in [-0.2, 0) is 16.1 Å². The predicted molar refractivity (Wildman–Crippen MR) is 73.9 cm³/mol. The predicted octanol–water partition coefficient (Wildman–Crippen LogP) is 3.72. The highest BCUT2D eigenvalue weighted by atomic mass is 28.4. The molecule has 0 aliphatic heterocycles. The van der Waals surface area contributed by atoms with Gasteiger partial charge in [0.2, 0.25) is 8.32 Å². The fourth-order valence-electron chi connectivity index (χ4n) is 1.03. The molecule has 0 heterocycles. The number of hydrogen-bond donors (Lipinski definition) is 1. The van der Waals surface area contributed by atoms with Crippen molar-refractivity contribution in [2.24, 2.45) is 0 Å². The lowest BCUT2D eigenvalue weighted by Crippen LogP contribution is -2.40. The summed E-state index contributed by atoms with van der Waals surface area (Å²) in [7, 11) is -1.84. The lowest BCUT2D eigenvalue weighted by Gasteiger charge is -2.34. The molecule has 0 aliphatic rings. The average molecular weight is 253 g/mol. The van der Waals surface area contributed by atoms with Crippen molar-refractivity contribution in [2.75, 3.05) is 5.73 Å². The monoisotopic (exact) mass is 253 g/mol. The summed E-state index contributed by atoms with van der Waals surface area (Å²) in [5, 5.41) is 0.148. The summed E-state index contributed by atoms with van der Waals surface area (Å²) in [6.07, 6.45) is 0. The molecule has 3 nitrogen and oxygen atoms in total. The third kappa shape index (κ3) is 3.83. The molecule has 4 heteroatoms. The molecular weight excluding hydrogens is 230 g/mol. The molecule has 0 radical (unpaired) electrons. The molecule has 96 valence electrons. The van der Waals surface area contributed by atoms with Gasteiger partial charge in [0, 0.05) is 11.3 Å². The maximum absolute atomic E-state index is 5.83. The topological polar surface area (TPSA) is 44.5 Å². The van der Waals surface area contributed by atoms with Crippen molar-refractivity contribution in [3.63, 3.8) is 0 Å². The van der Waals surface area contributed by atoms with E-state index in [4.69, 9.17) is 15.2 Å². The Morgan fingerprint density at radius 2 is 1.76 bits per heavy atom. The van der Waals surface area contributed by atoms with Gasteiger partial charge < -0.3 is 5.73 Å². The quantitative estimate of drug-likeness (QED) is 0.385. The molecule has 0 bridgehead atoms. The minimum Gasteiger partial charge on any atom is -0.398 e. The first-order valence-corrected chi connectivity index (χ1v) is 8.79. The Morgan fingerprint density at radius 3 is 2.29 bits per heavy atom. The number of nitrogen functional groups attached to an aromatic ring is 1. The fourth-order valence-corrected chi connectivity index (χ4v) is 1.63. The molecule has 1 aromatic carbocycles. The van der Waals surface area contributed by atoms with Gasteiger partial charge >= 0.3 is 0 Å². The van der Waals surface area contributed by atoms with Crippen molar-refractivity contribution in [3.05, 3.63) is 29.8 Å². The number of nitrogens with two attached hydrogens (primary N) is 1. The van der Waals surface area contributed by atoms with Crippen molar-refractivity contribution in [1.82, 2.24) is 0 Å². The van der Waals surface area contributed by atoms with Crippen LogP contribution in [0.25, 0.3) is 0 Å². The van der Waals surface area contributed by atoms with E-state index in [2.05, 4.69) is 33.9 Å². The van der Waals surface area contributed by atoms with Crippen molar-refractivity contribution in [3.8, 4) is 0 Å². The zero-order valence-electron chi connectivity index (χ0n) is 11.4. The molecule has 0 fully saturated rings. The minimum atomic E-state index is -1.84.